The molecule has 0 aromatic heterocycles. The number of phosphoric acid groups is 2. The summed E-state index contributed by atoms with van der Waals surface area (Å²) in [6, 6.07) is 0. The maximum atomic E-state index is 11.0. The van der Waals surface area contributed by atoms with Gasteiger partial charge in [-0.2, -0.15) is 0 Å². The molecule has 0 bridgehead atoms. The van der Waals surface area contributed by atoms with Gasteiger partial charge in [-0.25, -0.2) is 4.99 Å². The van der Waals surface area contributed by atoms with E-state index in [1.54, 1.807) is 12.4 Å². The quantitative estimate of drug-likeness (QED) is 0.0754. The normalized spacial score (nSPS) is 14.2. The van der Waals surface area contributed by atoms with Crippen LogP contribution in [0.1, 0.15) is 101 Å². The van der Waals surface area contributed by atoms with Crippen LogP contribution in [-0.4, -0.2) is 77.0 Å². The summed E-state index contributed by atoms with van der Waals surface area (Å²) in [7, 11) is -2.38. The third-order valence-corrected chi connectivity index (χ3v) is 13.8. The maximum absolute atomic E-state index is 11.0. The number of hydrogen-bond donors (Lipinski definition) is 0. The molecule has 0 atom stereocenters. The van der Waals surface area contributed by atoms with Crippen molar-refractivity contribution in [3.8, 4) is 0 Å². The molecule has 0 amide bonds. The Balaban J connectivity index is -0.000000546. The van der Waals surface area contributed by atoms with Crippen LogP contribution in [-0.2, 0) is 27.2 Å². The molecule has 1 aliphatic rings. The lowest BCUT2D eigenvalue weighted by atomic mass is 10.3. The van der Waals surface area contributed by atoms with Gasteiger partial charge in [0, 0.05) is 21.5 Å². The lowest BCUT2D eigenvalue weighted by molar-refractivity contribution is -0.732. The van der Waals surface area contributed by atoms with E-state index in [2.05, 4.69) is 85.6 Å². The minimum absolute atomic E-state index is 0.226. The topological polar surface area (TPSA) is 130 Å². The van der Waals surface area contributed by atoms with Crippen molar-refractivity contribution in [2.24, 2.45) is 22.7 Å². The number of hydrogen-bond acceptors (Lipinski definition) is 9. The van der Waals surface area contributed by atoms with Crippen molar-refractivity contribution in [1.82, 2.24) is 0 Å². The molecule has 1 rings (SSSR count). The van der Waals surface area contributed by atoms with E-state index >= 15 is 0 Å². The second-order valence-electron chi connectivity index (χ2n) is 13.0. The van der Waals surface area contributed by atoms with E-state index in [4.69, 9.17) is 0 Å². The van der Waals surface area contributed by atoms with Crippen molar-refractivity contribution >= 4 is 29.2 Å². The molecule has 0 aromatic carbocycles. The van der Waals surface area contributed by atoms with Gasteiger partial charge < -0.3 is 27.9 Å². The molecule has 44 heavy (non-hydrogen) atoms. The lowest BCUT2D eigenvalue weighted by Crippen LogP contribution is -2.28. The molecule has 0 radical (unpaired) electrons. The number of nitrogens with zero attached hydrogens (tertiary/aromatic N) is 2. The van der Waals surface area contributed by atoms with Crippen LogP contribution in [0.3, 0.4) is 0 Å². The Hall–Kier alpha value is 0.0200. The predicted molar refractivity (Wildman–Crippen MR) is 187 cm³/mol. The van der Waals surface area contributed by atoms with Gasteiger partial charge in [-0.3, -0.25) is 13.6 Å². The third kappa shape index (κ3) is 32.0. The average molecular weight is 691 g/mol. The zero-order valence-electron chi connectivity index (χ0n) is 30.5. The van der Waals surface area contributed by atoms with Crippen LogP contribution in [0.5, 0.6) is 0 Å². The van der Waals surface area contributed by atoms with Gasteiger partial charge in [0.2, 0.25) is 0 Å². The second kappa shape index (κ2) is 27.0. The molecule has 266 valence electrons. The SMILES string of the molecule is CCCCOP(=O)([O-])OCCCC.CCCC[P+](CC(C)C)(CC(C)C)CC(C)C.COP(=O)([O-])OC.C[N+]1(C)C=CN=C1. The standard InChI is InChI=1S/C16H36P.C8H19O4P.C5H9N2.C2H7O4P/c1-8-9-10-17(11-14(2)3,12-15(4)5)13-16(6)7;1-3-5-7-11-13(9,10)12-8-6-4-2;1-7(2)4-3-6-5-7;1-5-7(3,4)6-2/h14-16H,8-13H2,1-7H3;3-8H2,1-2H3,(H,9,10);3-5H,1-2H3;1-2H3,(H,3,4)/q+1;;+1;/p-2. The van der Waals surface area contributed by atoms with Gasteiger partial charge in [0.25, 0.3) is 15.6 Å². The summed E-state index contributed by atoms with van der Waals surface area (Å²) >= 11 is 0. The van der Waals surface area contributed by atoms with Crippen molar-refractivity contribution in [3.63, 3.8) is 0 Å². The predicted octanol–water partition coefficient (Wildman–Crippen LogP) is 8.18. The monoisotopic (exact) mass is 690 g/mol. The van der Waals surface area contributed by atoms with Crippen LogP contribution in [0.25, 0.3) is 0 Å². The van der Waals surface area contributed by atoms with Gasteiger partial charge in [0.05, 0.1) is 58.2 Å². The highest BCUT2D eigenvalue weighted by Crippen LogP contribution is 2.62. The fourth-order valence-electron chi connectivity index (χ4n) is 4.53. The van der Waals surface area contributed by atoms with Crippen molar-refractivity contribution in [1.29, 1.82) is 0 Å². The average Bonchev–Trinajstić information content (AvgIpc) is 3.31. The highest BCUT2D eigenvalue weighted by molar-refractivity contribution is 7.75. The van der Waals surface area contributed by atoms with Gasteiger partial charge in [0.1, 0.15) is 6.20 Å². The maximum Gasteiger partial charge on any atom is 0.267 e. The van der Waals surface area contributed by atoms with E-state index in [-0.39, 0.29) is 13.2 Å². The van der Waals surface area contributed by atoms with E-state index in [9.17, 15) is 18.9 Å². The molecule has 0 aromatic rings. The van der Waals surface area contributed by atoms with Gasteiger partial charge in [-0.05, 0) is 37.0 Å². The summed E-state index contributed by atoms with van der Waals surface area (Å²) < 4.78 is 38.6. The Labute approximate surface area is 272 Å². The first-order valence-electron chi connectivity index (χ1n) is 16.2. The number of phosphoric ester groups is 2. The Morgan fingerprint density at radius 3 is 1.32 bits per heavy atom. The number of unbranched alkanes of at least 4 members (excludes halogenated alkanes) is 3. The fourth-order valence-corrected chi connectivity index (χ4v) is 12.1. The van der Waals surface area contributed by atoms with Crippen molar-refractivity contribution < 1.29 is 41.5 Å². The van der Waals surface area contributed by atoms with E-state index in [0.29, 0.717) is 0 Å². The molecular weight excluding hydrogens is 621 g/mol. The first kappa shape index (κ1) is 48.4. The van der Waals surface area contributed by atoms with E-state index < -0.39 is 22.9 Å². The van der Waals surface area contributed by atoms with E-state index in [1.165, 1.54) is 31.3 Å². The molecule has 13 heteroatoms. The Morgan fingerprint density at radius 2 is 1.11 bits per heavy atom. The lowest BCUT2D eigenvalue weighted by Gasteiger charge is -2.32. The van der Waals surface area contributed by atoms with Crippen LogP contribution < -0.4 is 9.79 Å². The highest BCUT2D eigenvalue weighted by atomic mass is 31.2. The summed E-state index contributed by atoms with van der Waals surface area (Å²) in [6.45, 7) is 21.2. The van der Waals surface area contributed by atoms with Crippen molar-refractivity contribution in [2.75, 3.05) is 66.2 Å². The first-order valence-corrected chi connectivity index (χ1v) is 21.6. The zero-order valence-corrected chi connectivity index (χ0v) is 33.1. The van der Waals surface area contributed by atoms with Crippen LogP contribution in [0, 0.1) is 17.8 Å². The van der Waals surface area contributed by atoms with Crippen molar-refractivity contribution in [3.05, 3.63) is 12.4 Å². The largest absolute Gasteiger partial charge is 0.756 e. The van der Waals surface area contributed by atoms with Crippen molar-refractivity contribution in [2.45, 2.75) is 101 Å². The van der Waals surface area contributed by atoms with Gasteiger partial charge in [0.15, 0.2) is 6.34 Å². The zero-order chi connectivity index (χ0) is 34.9. The van der Waals surface area contributed by atoms with Crippen LogP contribution in [0.15, 0.2) is 17.4 Å². The molecule has 0 N–H and O–H groups in total. The fraction of sp³-hybridized carbons (Fsp3) is 0.903. The molecule has 10 nitrogen and oxygen atoms in total. The Morgan fingerprint density at radius 1 is 0.727 bits per heavy atom. The molecule has 0 fully saturated rings. The molecule has 0 saturated heterocycles. The number of aliphatic imine (C=N–C) groups is 1. The van der Waals surface area contributed by atoms with Gasteiger partial charge >= 0.3 is 0 Å². The minimum atomic E-state index is -4.00. The third-order valence-electron chi connectivity index (χ3n) is 6.09. The van der Waals surface area contributed by atoms with Crippen LogP contribution in [0.4, 0.5) is 0 Å². The van der Waals surface area contributed by atoms with Crippen LogP contribution in [0.2, 0.25) is 0 Å². The molecule has 0 spiro atoms. The molecule has 1 heterocycles. The summed E-state index contributed by atoms with van der Waals surface area (Å²) in [4.78, 5) is 24.8. The minimum Gasteiger partial charge on any atom is -0.756 e. The molecule has 0 unspecified atom stereocenters. The molecule has 0 saturated carbocycles. The summed E-state index contributed by atoms with van der Waals surface area (Å²) in [5, 5.41) is 0. The van der Waals surface area contributed by atoms with E-state index in [0.717, 1.165) is 62.1 Å². The van der Waals surface area contributed by atoms with E-state index in [1.807, 2.05) is 26.4 Å². The summed E-state index contributed by atoms with van der Waals surface area (Å²) in [5.74, 6) is 2.66. The number of rotatable bonds is 19. The molecule has 1 aliphatic heterocycles. The molecular formula is C31H69N2O8P3. The Kier molecular flexibility index (Phi) is 29.7. The van der Waals surface area contributed by atoms with Crippen LogP contribution >= 0.6 is 22.9 Å². The number of quaternary nitrogens is 1. The summed E-state index contributed by atoms with van der Waals surface area (Å²) in [6.07, 6.45) is 18.0. The second-order valence-corrected chi connectivity index (χ2v) is 20.2. The van der Waals surface area contributed by atoms with Gasteiger partial charge in [-0.15, -0.1) is 0 Å². The smallest absolute Gasteiger partial charge is 0.267 e. The highest BCUT2D eigenvalue weighted by Gasteiger charge is 2.38. The molecule has 0 aliphatic carbocycles. The Bertz CT molecular complexity index is 774. The summed E-state index contributed by atoms with van der Waals surface area (Å²) in [5.41, 5.74) is 0. The first-order chi connectivity index (χ1) is 20.3. The van der Waals surface area contributed by atoms with Gasteiger partial charge in [-0.1, -0.05) is 81.6 Å².